The Morgan fingerprint density at radius 3 is 2.78 bits per heavy atom. The van der Waals surface area contributed by atoms with Gasteiger partial charge in [-0.2, -0.15) is 5.10 Å². The second kappa shape index (κ2) is 7.29. The van der Waals surface area contributed by atoms with Gasteiger partial charge in [0.25, 0.3) is 0 Å². The van der Waals surface area contributed by atoms with E-state index in [4.69, 9.17) is 0 Å². The maximum Gasteiger partial charge on any atom is 0.223 e. The maximum atomic E-state index is 12.4. The van der Waals surface area contributed by atoms with Crippen LogP contribution in [0, 0.1) is 12.8 Å². The molecule has 2 aliphatic rings. The van der Waals surface area contributed by atoms with Crippen LogP contribution in [0.3, 0.4) is 0 Å². The summed E-state index contributed by atoms with van der Waals surface area (Å²) < 4.78 is 1.88. The Balaban J connectivity index is 1.55. The molecule has 2 aromatic rings. The van der Waals surface area contributed by atoms with Gasteiger partial charge in [-0.1, -0.05) is 6.42 Å². The Morgan fingerprint density at radius 1 is 1.19 bits per heavy atom. The van der Waals surface area contributed by atoms with Crippen LogP contribution in [0.25, 0.3) is 0 Å². The summed E-state index contributed by atoms with van der Waals surface area (Å²) in [6.45, 7) is 2.78. The van der Waals surface area contributed by atoms with Gasteiger partial charge in [0, 0.05) is 55.5 Å². The summed E-state index contributed by atoms with van der Waals surface area (Å²) in [5.41, 5.74) is 4.70. The van der Waals surface area contributed by atoms with Gasteiger partial charge in [-0.3, -0.25) is 9.48 Å². The Morgan fingerprint density at radius 2 is 2.00 bits per heavy atom. The lowest BCUT2D eigenvalue weighted by molar-refractivity contribution is -0.127. The Kier molecular flexibility index (Phi) is 4.85. The zero-order valence-electron chi connectivity index (χ0n) is 16.4. The monoisotopic (exact) mass is 368 g/mol. The summed E-state index contributed by atoms with van der Waals surface area (Å²) in [4.78, 5) is 23.3. The minimum Gasteiger partial charge on any atom is -0.369 e. The number of aromatic nitrogens is 4. The van der Waals surface area contributed by atoms with E-state index in [1.165, 1.54) is 30.5 Å². The molecule has 2 atom stereocenters. The van der Waals surface area contributed by atoms with Gasteiger partial charge in [0.2, 0.25) is 5.91 Å². The highest BCUT2D eigenvalue weighted by Gasteiger charge is 2.40. The number of carbonyl (C=O) groups excluding carboxylic acids is 1. The van der Waals surface area contributed by atoms with Crippen LogP contribution in [0.15, 0.2) is 12.5 Å². The molecule has 1 aliphatic carbocycles. The molecule has 1 saturated heterocycles. The summed E-state index contributed by atoms with van der Waals surface area (Å²) in [5, 5.41) is 7.93. The molecular formula is C20H28N6O. The lowest BCUT2D eigenvalue weighted by Gasteiger charge is -2.25. The van der Waals surface area contributed by atoms with Gasteiger partial charge in [-0.25, -0.2) is 9.97 Å². The topological polar surface area (TPSA) is 75.9 Å². The fourth-order valence-electron chi connectivity index (χ4n) is 4.48. The van der Waals surface area contributed by atoms with Crippen LogP contribution in [0.5, 0.6) is 0 Å². The molecule has 0 bridgehead atoms. The number of amides is 1. The molecule has 7 nitrogen and oxygen atoms in total. The van der Waals surface area contributed by atoms with E-state index in [1.807, 2.05) is 29.9 Å². The smallest absolute Gasteiger partial charge is 0.223 e. The number of hydrogen-bond acceptors (Lipinski definition) is 5. The quantitative estimate of drug-likeness (QED) is 0.839. The van der Waals surface area contributed by atoms with Crippen LogP contribution in [0.4, 0.5) is 5.82 Å². The number of nitrogens with zero attached hydrogens (tertiary/aromatic N) is 5. The number of rotatable bonds is 4. The first-order valence-corrected chi connectivity index (χ1v) is 9.87. The molecule has 0 spiro atoms. The minimum atomic E-state index is 0.0548. The predicted molar refractivity (Wildman–Crippen MR) is 103 cm³/mol. The highest BCUT2D eigenvalue weighted by molar-refractivity contribution is 5.79. The van der Waals surface area contributed by atoms with Crippen molar-refractivity contribution >= 4 is 11.7 Å². The maximum absolute atomic E-state index is 12.4. The van der Waals surface area contributed by atoms with Crippen LogP contribution in [0.2, 0.25) is 0 Å². The van der Waals surface area contributed by atoms with Crippen molar-refractivity contribution in [1.82, 2.24) is 24.6 Å². The number of aryl methyl sites for hydroxylation is 2. The van der Waals surface area contributed by atoms with E-state index in [2.05, 4.69) is 27.3 Å². The van der Waals surface area contributed by atoms with E-state index in [1.54, 1.807) is 6.33 Å². The molecule has 0 radical (unpaired) electrons. The zero-order valence-corrected chi connectivity index (χ0v) is 16.4. The molecule has 1 amide bonds. The van der Waals surface area contributed by atoms with Gasteiger partial charge in [0.1, 0.15) is 12.1 Å². The molecule has 27 heavy (non-hydrogen) atoms. The van der Waals surface area contributed by atoms with E-state index >= 15 is 0 Å². The van der Waals surface area contributed by atoms with Crippen LogP contribution in [-0.2, 0) is 24.7 Å². The number of fused-ring (bicyclic) bond motifs is 1. The third-order valence-corrected chi connectivity index (χ3v) is 6.19. The Hall–Kier alpha value is -2.44. The molecule has 0 unspecified atom stereocenters. The molecule has 2 aromatic heterocycles. The molecule has 0 saturated carbocycles. The highest BCUT2D eigenvalue weighted by atomic mass is 16.2. The Labute approximate surface area is 160 Å². The van der Waals surface area contributed by atoms with Crippen molar-refractivity contribution < 1.29 is 4.79 Å². The Bertz CT molecular complexity index is 845. The third-order valence-electron chi connectivity index (χ3n) is 6.19. The number of likely N-dealkylation sites (tertiary alicyclic amines) is 1. The summed E-state index contributed by atoms with van der Waals surface area (Å²) in [6.07, 6.45) is 9.84. The molecule has 1 fully saturated rings. The molecular weight excluding hydrogens is 340 g/mol. The normalized spacial score (nSPS) is 22.6. The number of anilines is 1. The molecule has 144 valence electrons. The highest BCUT2D eigenvalue weighted by Crippen LogP contribution is 2.38. The van der Waals surface area contributed by atoms with Crippen molar-refractivity contribution in [3.63, 3.8) is 0 Å². The molecule has 4 rings (SSSR count). The second-order valence-corrected chi connectivity index (χ2v) is 7.81. The van der Waals surface area contributed by atoms with E-state index in [9.17, 15) is 4.79 Å². The lowest BCUT2D eigenvalue weighted by Crippen LogP contribution is -2.27. The SMILES string of the molecule is Cc1c([C@H]2[C@H](CNc3ncnc4c3CCCCC4)CC(=O)N2C)cnn1C. The van der Waals surface area contributed by atoms with Gasteiger partial charge >= 0.3 is 0 Å². The van der Waals surface area contributed by atoms with Gasteiger partial charge in [0.15, 0.2) is 0 Å². The van der Waals surface area contributed by atoms with Gasteiger partial charge in [-0.15, -0.1) is 0 Å². The summed E-state index contributed by atoms with van der Waals surface area (Å²) >= 11 is 0. The summed E-state index contributed by atoms with van der Waals surface area (Å²) in [7, 11) is 3.84. The van der Waals surface area contributed by atoms with E-state index < -0.39 is 0 Å². The zero-order chi connectivity index (χ0) is 19.0. The van der Waals surface area contributed by atoms with Crippen LogP contribution < -0.4 is 5.32 Å². The first-order chi connectivity index (χ1) is 13.1. The van der Waals surface area contributed by atoms with Crippen molar-refractivity contribution in [2.75, 3.05) is 18.9 Å². The minimum absolute atomic E-state index is 0.0548. The van der Waals surface area contributed by atoms with E-state index in [0.717, 1.165) is 36.5 Å². The van der Waals surface area contributed by atoms with Gasteiger partial charge in [0.05, 0.1) is 12.2 Å². The first-order valence-electron chi connectivity index (χ1n) is 9.87. The van der Waals surface area contributed by atoms with Crippen molar-refractivity contribution in [3.8, 4) is 0 Å². The van der Waals surface area contributed by atoms with Crippen molar-refractivity contribution in [1.29, 1.82) is 0 Å². The van der Waals surface area contributed by atoms with Gasteiger partial charge < -0.3 is 10.2 Å². The average Bonchev–Trinajstić information content (AvgIpc) is 3.01. The van der Waals surface area contributed by atoms with Crippen LogP contribution in [0.1, 0.15) is 54.2 Å². The third kappa shape index (κ3) is 3.31. The standard InChI is InChI=1S/C20H28N6O/c1-13-16(11-24-26(13)3)19-14(9-18(27)25(19)2)10-21-20-15-7-5-4-6-8-17(15)22-12-23-20/h11-12,14,19H,4-10H2,1-3H3,(H,21,22,23)/t14-,19+/m0/s1. The number of carbonyl (C=O) groups is 1. The fraction of sp³-hybridized carbons (Fsp3) is 0.600. The predicted octanol–water partition coefficient (Wildman–Crippen LogP) is 2.42. The summed E-state index contributed by atoms with van der Waals surface area (Å²) in [5.74, 6) is 1.34. The molecule has 1 aliphatic heterocycles. The number of hydrogen-bond donors (Lipinski definition) is 1. The van der Waals surface area contributed by atoms with Crippen molar-refractivity contribution in [3.05, 3.63) is 35.0 Å². The molecule has 3 heterocycles. The van der Waals surface area contributed by atoms with Crippen LogP contribution in [-0.4, -0.2) is 44.1 Å². The molecule has 0 aromatic carbocycles. The van der Waals surface area contributed by atoms with E-state index in [-0.39, 0.29) is 17.9 Å². The van der Waals surface area contributed by atoms with Crippen LogP contribution >= 0.6 is 0 Å². The molecule has 1 N–H and O–H groups in total. The number of nitrogens with one attached hydrogen (secondary N) is 1. The first kappa shape index (κ1) is 17.9. The molecule has 7 heteroatoms. The summed E-state index contributed by atoms with van der Waals surface area (Å²) in [6, 6.07) is 0.0548. The van der Waals surface area contributed by atoms with Crippen molar-refractivity contribution in [2.45, 2.75) is 51.5 Å². The average molecular weight is 368 g/mol. The van der Waals surface area contributed by atoms with Gasteiger partial charge in [-0.05, 0) is 32.6 Å². The fourth-order valence-corrected chi connectivity index (χ4v) is 4.48. The largest absolute Gasteiger partial charge is 0.369 e. The second-order valence-electron chi connectivity index (χ2n) is 7.81. The lowest BCUT2D eigenvalue weighted by atomic mass is 9.94. The van der Waals surface area contributed by atoms with Crippen molar-refractivity contribution in [2.24, 2.45) is 13.0 Å². The van der Waals surface area contributed by atoms with E-state index in [0.29, 0.717) is 6.42 Å².